The molecule has 7 nitrogen and oxygen atoms in total. The lowest BCUT2D eigenvalue weighted by atomic mass is 9.99. The maximum absolute atomic E-state index is 10.6. The molecule has 0 fully saturated rings. The number of benzene rings is 2. The van der Waals surface area contributed by atoms with Crippen LogP contribution < -0.4 is 5.32 Å². The van der Waals surface area contributed by atoms with E-state index in [2.05, 4.69) is 105 Å². The molecule has 1 heterocycles. The van der Waals surface area contributed by atoms with Gasteiger partial charge in [0.1, 0.15) is 0 Å². The SMILES string of the molecule is Cc1cc(C)cc(-n2ncc(CNCC(c3ccc(CC(C)C)cc3)N(C)C)n2)c1.O=C(O)C(F)(F)F. The van der Waals surface area contributed by atoms with Crippen LogP contribution in [0.3, 0.4) is 0 Å². The Kier molecular flexibility index (Phi) is 10.8. The number of nitrogens with one attached hydrogen (secondary N) is 1. The summed E-state index contributed by atoms with van der Waals surface area (Å²) < 4.78 is 31.7. The van der Waals surface area contributed by atoms with Crippen molar-refractivity contribution in [1.29, 1.82) is 0 Å². The van der Waals surface area contributed by atoms with Crippen LogP contribution >= 0.6 is 0 Å². The number of halogens is 3. The second-order valence-electron chi connectivity index (χ2n) is 9.72. The van der Waals surface area contributed by atoms with E-state index in [4.69, 9.17) is 9.90 Å². The van der Waals surface area contributed by atoms with Gasteiger partial charge in [0, 0.05) is 19.1 Å². The van der Waals surface area contributed by atoms with Crippen molar-refractivity contribution in [2.24, 2.45) is 5.92 Å². The highest BCUT2D eigenvalue weighted by molar-refractivity contribution is 5.73. The van der Waals surface area contributed by atoms with Crippen LogP contribution in [0.1, 0.15) is 47.8 Å². The molecule has 0 aliphatic carbocycles. The van der Waals surface area contributed by atoms with Crippen LogP contribution in [0.15, 0.2) is 48.7 Å². The summed E-state index contributed by atoms with van der Waals surface area (Å²) in [5.74, 6) is -2.08. The Bertz CT molecular complexity index is 1120. The number of aromatic nitrogens is 3. The lowest BCUT2D eigenvalue weighted by Crippen LogP contribution is -2.31. The average Bonchev–Trinajstić information content (AvgIpc) is 3.25. The smallest absolute Gasteiger partial charge is 0.475 e. The molecule has 0 aliphatic rings. The fraction of sp³-hybridized carbons (Fsp3) is 0.444. The average molecular weight is 520 g/mol. The summed E-state index contributed by atoms with van der Waals surface area (Å²) in [4.78, 5) is 12.9. The molecule has 0 radical (unpaired) electrons. The minimum atomic E-state index is -5.08. The molecule has 0 aliphatic heterocycles. The summed E-state index contributed by atoms with van der Waals surface area (Å²) in [5.41, 5.74) is 7.12. The Balaban J connectivity index is 0.000000604. The molecule has 37 heavy (non-hydrogen) atoms. The highest BCUT2D eigenvalue weighted by Crippen LogP contribution is 2.20. The van der Waals surface area contributed by atoms with E-state index in [0.29, 0.717) is 18.5 Å². The summed E-state index contributed by atoms with van der Waals surface area (Å²) in [5, 5.41) is 19.8. The van der Waals surface area contributed by atoms with Crippen molar-refractivity contribution in [3.8, 4) is 5.69 Å². The van der Waals surface area contributed by atoms with Crippen LogP contribution in [-0.2, 0) is 17.8 Å². The van der Waals surface area contributed by atoms with E-state index in [1.807, 2.05) is 6.20 Å². The Hall–Kier alpha value is -3.24. The first-order valence-corrected chi connectivity index (χ1v) is 12.0. The molecular formula is C27H36F3N5O2. The first-order valence-electron chi connectivity index (χ1n) is 12.0. The lowest BCUT2D eigenvalue weighted by molar-refractivity contribution is -0.192. The van der Waals surface area contributed by atoms with Crippen molar-refractivity contribution in [3.05, 3.63) is 76.6 Å². The molecule has 3 aromatic rings. The molecule has 3 rings (SSSR count). The number of hydrogen-bond acceptors (Lipinski definition) is 5. The molecule has 0 spiro atoms. The summed E-state index contributed by atoms with van der Waals surface area (Å²) in [7, 11) is 4.26. The molecule has 202 valence electrons. The van der Waals surface area contributed by atoms with Gasteiger partial charge in [0.2, 0.25) is 0 Å². The number of nitrogens with zero attached hydrogens (tertiary/aromatic N) is 4. The van der Waals surface area contributed by atoms with E-state index < -0.39 is 12.1 Å². The van der Waals surface area contributed by atoms with Gasteiger partial charge in [-0.25, -0.2) is 4.79 Å². The highest BCUT2D eigenvalue weighted by Gasteiger charge is 2.38. The van der Waals surface area contributed by atoms with Crippen molar-refractivity contribution >= 4 is 5.97 Å². The lowest BCUT2D eigenvalue weighted by Gasteiger charge is -2.25. The third kappa shape index (κ3) is 9.97. The van der Waals surface area contributed by atoms with Gasteiger partial charge >= 0.3 is 12.1 Å². The number of likely N-dealkylation sites (N-methyl/N-ethyl adjacent to an activating group) is 1. The van der Waals surface area contributed by atoms with Gasteiger partial charge in [0.05, 0.1) is 17.6 Å². The number of rotatable bonds is 9. The standard InChI is InChI=1S/C25H35N5.C2HF3O2/c1-18(2)11-21-7-9-22(10-8-21)25(29(5)6)17-26-15-23-16-27-30(28-23)24-13-19(3)12-20(4)14-24;3-2(4,5)1(6)7/h7-10,12-14,16,18,25-26H,11,15,17H2,1-6H3;(H,6,7). The van der Waals surface area contributed by atoms with Crippen molar-refractivity contribution in [2.45, 2.75) is 52.9 Å². The molecule has 0 saturated heterocycles. The largest absolute Gasteiger partial charge is 0.490 e. The zero-order valence-corrected chi connectivity index (χ0v) is 22.2. The third-order valence-electron chi connectivity index (χ3n) is 5.49. The van der Waals surface area contributed by atoms with Crippen LogP contribution in [0.4, 0.5) is 13.2 Å². The van der Waals surface area contributed by atoms with Crippen molar-refractivity contribution in [1.82, 2.24) is 25.2 Å². The van der Waals surface area contributed by atoms with E-state index in [9.17, 15) is 13.2 Å². The molecule has 1 atom stereocenters. The molecule has 10 heteroatoms. The van der Waals surface area contributed by atoms with E-state index in [1.165, 1.54) is 22.3 Å². The first kappa shape index (κ1) is 30.0. The minimum absolute atomic E-state index is 0.313. The zero-order chi connectivity index (χ0) is 27.8. The van der Waals surface area contributed by atoms with E-state index in [1.54, 1.807) is 4.80 Å². The summed E-state index contributed by atoms with van der Waals surface area (Å²) in [6.07, 6.45) is -2.11. The Labute approximate surface area is 216 Å². The van der Waals surface area contributed by atoms with Gasteiger partial charge in [-0.3, -0.25) is 0 Å². The Morgan fingerprint density at radius 1 is 1.08 bits per heavy atom. The molecule has 0 amide bonds. The van der Waals surface area contributed by atoms with Gasteiger partial charge in [-0.15, -0.1) is 0 Å². The minimum Gasteiger partial charge on any atom is -0.475 e. The number of aryl methyl sites for hydroxylation is 2. The highest BCUT2D eigenvalue weighted by atomic mass is 19.4. The van der Waals surface area contributed by atoms with Crippen LogP contribution in [-0.4, -0.2) is 57.8 Å². The molecule has 0 saturated carbocycles. The number of carbonyl (C=O) groups is 1. The zero-order valence-electron chi connectivity index (χ0n) is 22.2. The molecule has 1 aromatic heterocycles. The number of alkyl halides is 3. The van der Waals surface area contributed by atoms with Gasteiger partial charge in [0.25, 0.3) is 0 Å². The third-order valence-corrected chi connectivity index (χ3v) is 5.49. The summed E-state index contributed by atoms with van der Waals surface area (Å²) >= 11 is 0. The predicted molar refractivity (Wildman–Crippen MR) is 138 cm³/mol. The fourth-order valence-corrected chi connectivity index (χ4v) is 3.85. The predicted octanol–water partition coefficient (Wildman–Crippen LogP) is 5.11. The van der Waals surface area contributed by atoms with Gasteiger partial charge in [-0.2, -0.15) is 28.2 Å². The van der Waals surface area contributed by atoms with E-state index >= 15 is 0 Å². The number of hydrogen-bond donors (Lipinski definition) is 2. The van der Waals surface area contributed by atoms with Crippen LogP contribution in [0.25, 0.3) is 5.69 Å². The topological polar surface area (TPSA) is 83.3 Å². The quantitative estimate of drug-likeness (QED) is 0.409. The van der Waals surface area contributed by atoms with Crippen molar-refractivity contribution < 1.29 is 23.1 Å². The van der Waals surface area contributed by atoms with Crippen LogP contribution in [0.2, 0.25) is 0 Å². The maximum Gasteiger partial charge on any atom is 0.490 e. The van der Waals surface area contributed by atoms with Crippen molar-refractivity contribution in [3.63, 3.8) is 0 Å². The second kappa shape index (κ2) is 13.3. The maximum atomic E-state index is 10.6. The number of carboxylic acid groups (broad SMARTS) is 1. The van der Waals surface area contributed by atoms with Gasteiger partial charge in [-0.1, -0.05) is 44.2 Å². The molecule has 2 N–H and O–H groups in total. The number of aliphatic carboxylic acids is 1. The first-order chi connectivity index (χ1) is 17.3. The fourth-order valence-electron chi connectivity index (χ4n) is 3.85. The van der Waals surface area contributed by atoms with Crippen molar-refractivity contribution in [2.75, 3.05) is 20.6 Å². The molecule has 0 bridgehead atoms. The molecular weight excluding hydrogens is 483 g/mol. The van der Waals surface area contributed by atoms with Gasteiger partial charge in [0.15, 0.2) is 0 Å². The van der Waals surface area contributed by atoms with Crippen LogP contribution in [0, 0.1) is 19.8 Å². The number of carboxylic acids is 1. The Morgan fingerprint density at radius 3 is 2.14 bits per heavy atom. The van der Waals surface area contributed by atoms with Crippen LogP contribution in [0.5, 0.6) is 0 Å². The monoisotopic (exact) mass is 519 g/mol. The summed E-state index contributed by atoms with van der Waals surface area (Å²) in [6, 6.07) is 15.7. The van der Waals surface area contributed by atoms with E-state index in [-0.39, 0.29) is 0 Å². The van der Waals surface area contributed by atoms with Gasteiger partial charge < -0.3 is 15.3 Å². The second-order valence-corrected chi connectivity index (χ2v) is 9.72. The normalized spacial score (nSPS) is 12.4. The Morgan fingerprint density at radius 2 is 1.65 bits per heavy atom. The van der Waals surface area contributed by atoms with Gasteiger partial charge in [-0.05, 0) is 74.7 Å². The molecule has 2 aromatic carbocycles. The molecule has 1 unspecified atom stereocenters. The summed E-state index contributed by atoms with van der Waals surface area (Å²) in [6.45, 7) is 10.3. The van der Waals surface area contributed by atoms with E-state index in [0.717, 1.165) is 24.3 Å².